The summed E-state index contributed by atoms with van der Waals surface area (Å²) in [7, 11) is 0. The smallest absolute Gasteiger partial charge is 0.353 e. The van der Waals surface area contributed by atoms with E-state index in [2.05, 4.69) is 5.16 Å². The first kappa shape index (κ1) is 17.3. The molecule has 0 atom stereocenters. The minimum Gasteiger partial charge on any atom is -0.477 e. The molecule has 0 saturated heterocycles. The fourth-order valence-electron chi connectivity index (χ4n) is 3.20. The van der Waals surface area contributed by atoms with Crippen molar-refractivity contribution in [3.63, 3.8) is 0 Å². The van der Waals surface area contributed by atoms with Crippen LogP contribution in [0.25, 0.3) is 21.5 Å². The van der Waals surface area contributed by atoms with E-state index in [4.69, 9.17) is 16.1 Å². The van der Waals surface area contributed by atoms with Crippen LogP contribution < -0.4 is 0 Å². The lowest BCUT2D eigenvalue weighted by Crippen LogP contribution is -2.11. The zero-order valence-electron chi connectivity index (χ0n) is 14.1. The van der Waals surface area contributed by atoms with Gasteiger partial charge in [0.05, 0.1) is 26.8 Å². The van der Waals surface area contributed by atoms with E-state index >= 15 is 0 Å². The molecule has 3 heterocycles. The highest BCUT2D eigenvalue weighted by Gasteiger charge is 2.24. The first-order valence-corrected chi connectivity index (χ1v) is 9.15. The van der Waals surface area contributed by atoms with Crippen molar-refractivity contribution < 1.29 is 14.4 Å². The van der Waals surface area contributed by atoms with Crippen LogP contribution in [0.3, 0.4) is 0 Å². The first-order chi connectivity index (χ1) is 13.0. The summed E-state index contributed by atoms with van der Waals surface area (Å²) >= 11 is 7.33. The van der Waals surface area contributed by atoms with Crippen LogP contribution >= 0.6 is 22.9 Å². The number of para-hydroxylation sites is 1. The van der Waals surface area contributed by atoms with E-state index in [0.717, 1.165) is 10.4 Å². The monoisotopic (exact) mass is 397 g/mol. The van der Waals surface area contributed by atoms with E-state index in [1.165, 1.54) is 11.3 Å². The van der Waals surface area contributed by atoms with E-state index < -0.39 is 5.97 Å². The number of nitrogens with zero attached hydrogens (tertiary/aromatic N) is 3. The second-order valence-electron chi connectivity index (χ2n) is 5.98. The number of benzene rings is 1. The molecule has 3 aromatic heterocycles. The van der Waals surface area contributed by atoms with E-state index in [1.54, 1.807) is 22.8 Å². The second kappa shape index (κ2) is 6.58. The molecule has 0 saturated carbocycles. The predicted molar refractivity (Wildman–Crippen MR) is 102 cm³/mol. The Morgan fingerprint density at radius 2 is 2.22 bits per heavy atom. The number of thiophene rings is 1. The van der Waals surface area contributed by atoms with Crippen molar-refractivity contribution >= 4 is 39.8 Å². The van der Waals surface area contributed by atoms with Gasteiger partial charge in [-0.2, -0.15) is 5.26 Å². The zero-order valence-corrected chi connectivity index (χ0v) is 15.6. The number of nitriles is 1. The van der Waals surface area contributed by atoms with Gasteiger partial charge in [0.25, 0.3) is 0 Å². The SMILES string of the molecule is Cc1cccc2c(C#N)c(C(=O)O)n(Cc3cc(-c4ccc(Cl)s4)on3)c12. The van der Waals surface area contributed by atoms with Crippen molar-refractivity contribution in [2.75, 3.05) is 0 Å². The minimum absolute atomic E-state index is 0.0504. The lowest BCUT2D eigenvalue weighted by molar-refractivity contribution is 0.0686. The molecule has 1 N–H and O–H groups in total. The molecular weight excluding hydrogens is 386 g/mol. The summed E-state index contributed by atoms with van der Waals surface area (Å²) in [6, 6.07) is 12.8. The maximum atomic E-state index is 11.9. The van der Waals surface area contributed by atoms with Gasteiger partial charge in [-0.3, -0.25) is 0 Å². The molecule has 4 aromatic rings. The number of hydrogen-bond donors (Lipinski definition) is 1. The van der Waals surface area contributed by atoms with Crippen LogP contribution in [0.5, 0.6) is 0 Å². The topological polar surface area (TPSA) is 92.1 Å². The molecule has 8 heteroatoms. The summed E-state index contributed by atoms with van der Waals surface area (Å²) in [5.41, 5.74) is 2.24. The third kappa shape index (κ3) is 2.89. The van der Waals surface area contributed by atoms with Gasteiger partial charge < -0.3 is 14.2 Å². The fraction of sp³-hybridized carbons (Fsp3) is 0.105. The Bertz CT molecular complexity index is 1230. The molecule has 0 bridgehead atoms. The Hall–Kier alpha value is -3.08. The molecule has 0 aliphatic heterocycles. The molecule has 1 aromatic carbocycles. The summed E-state index contributed by atoms with van der Waals surface area (Å²) < 4.78 is 7.63. The van der Waals surface area contributed by atoms with Crippen LogP contribution in [-0.4, -0.2) is 20.8 Å². The van der Waals surface area contributed by atoms with E-state index in [1.807, 2.05) is 31.2 Å². The highest BCUT2D eigenvalue weighted by atomic mass is 35.5. The summed E-state index contributed by atoms with van der Waals surface area (Å²) in [5, 5.41) is 23.9. The summed E-state index contributed by atoms with van der Waals surface area (Å²) in [4.78, 5) is 12.7. The number of aryl methyl sites for hydroxylation is 1. The maximum Gasteiger partial charge on any atom is 0.353 e. The average molecular weight is 398 g/mol. The van der Waals surface area contributed by atoms with Gasteiger partial charge in [0.15, 0.2) is 5.76 Å². The fourth-order valence-corrected chi connectivity index (χ4v) is 4.19. The van der Waals surface area contributed by atoms with Crippen molar-refractivity contribution in [3.8, 4) is 16.7 Å². The number of hydrogen-bond acceptors (Lipinski definition) is 5. The Balaban J connectivity index is 1.85. The van der Waals surface area contributed by atoms with E-state index in [0.29, 0.717) is 26.7 Å². The maximum absolute atomic E-state index is 11.9. The lowest BCUT2D eigenvalue weighted by atomic mass is 10.1. The van der Waals surface area contributed by atoms with Crippen LogP contribution in [0.1, 0.15) is 27.3 Å². The van der Waals surface area contributed by atoms with Crippen molar-refractivity contribution in [1.82, 2.24) is 9.72 Å². The quantitative estimate of drug-likeness (QED) is 0.526. The Labute approximate surface area is 162 Å². The summed E-state index contributed by atoms with van der Waals surface area (Å²) in [6.45, 7) is 2.06. The van der Waals surface area contributed by atoms with Crippen LogP contribution in [0.2, 0.25) is 4.34 Å². The van der Waals surface area contributed by atoms with Gasteiger partial charge in [-0.05, 0) is 24.6 Å². The van der Waals surface area contributed by atoms with Crippen LogP contribution in [0.4, 0.5) is 0 Å². The largest absolute Gasteiger partial charge is 0.477 e. The number of rotatable bonds is 4. The van der Waals surface area contributed by atoms with Crippen LogP contribution in [0.15, 0.2) is 40.9 Å². The molecule has 0 spiro atoms. The molecular formula is C19H12ClN3O3S. The number of fused-ring (bicyclic) bond motifs is 1. The number of carbonyl (C=O) groups is 1. The van der Waals surface area contributed by atoms with Crippen LogP contribution in [0, 0.1) is 18.3 Å². The summed E-state index contributed by atoms with van der Waals surface area (Å²) in [6.07, 6.45) is 0. The van der Waals surface area contributed by atoms with Gasteiger partial charge >= 0.3 is 5.97 Å². The van der Waals surface area contributed by atoms with Crippen LogP contribution in [-0.2, 0) is 6.54 Å². The number of carboxylic acid groups (broad SMARTS) is 1. The van der Waals surface area contributed by atoms with Crippen molar-refractivity contribution in [2.24, 2.45) is 0 Å². The third-order valence-electron chi connectivity index (χ3n) is 4.29. The second-order valence-corrected chi connectivity index (χ2v) is 7.70. The lowest BCUT2D eigenvalue weighted by Gasteiger charge is -2.07. The predicted octanol–water partition coefficient (Wildman–Crippen LogP) is 4.94. The number of halogens is 1. The molecule has 27 heavy (non-hydrogen) atoms. The van der Waals surface area contributed by atoms with Crippen molar-refractivity contribution in [3.05, 3.63) is 63.2 Å². The number of carboxylic acids is 1. The Morgan fingerprint density at radius 3 is 2.89 bits per heavy atom. The Morgan fingerprint density at radius 1 is 1.41 bits per heavy atom. The highest BCUT2D eigenvalue weighted by Crippen LogP contribution is 2.33. The molecule has 0 aliphatic rings. The van der Waals surface area contributed by atoms with E-state index in [-0.39, 0.29) is 17.8 Å². The normalized spacial score (nSPS) is 11.0. The molecule has 4 rings (SSSR count). The Kier molecular flexibility index (Phi) is 4.22. The average Bonchev–Trinajstić information content (AvgIpc) is 3.33. The zero-order chi connectivity index (χ0) is 19.1. The third-order valence-corrected chi connectivity index (χ3v) is 5.54. The van der Waals surface area contributed by atoms with Gasteiger partial charge in [-0.25, -0.2) is 4.79 Å². The molecule has 0 amide bonds. The van der Waals surface area contributed by atoms with Gasteiger partial charge in [0, 0.05) is 11.5 Å². The minimum atomic E-state index is -1.16. The molecule has 134 valence electrons. The first-order valence-electron chi connectivity index (χ1n) is 7.96. The van der Waals surface area contributed by atoms with Gasteiger partial charge in [0.1, 0.15) is 17.5 Å². The van der Waals surface area contributed by atoms with Gasteiger partial charge in [0.2, 0.25) is 0 Å². The molecule has 0 radical (unpaired) electrons. The van der Waals surface area contributed by atoms with Crippen molar-refractivity contribution in [2.45, 2.75) is 13.5 Å². The standard InChI is InChI=1S/C19H12ClN3O3S/c1-10-3-2-4-12-13(8-21)18(19(24)25)23(17(10)12)9-11-7-14(26-22-11)15-5-6-16(20)27-15/h2-7H,9H2,1H3,(H,24,25). The molecule has 0 aliphatic carbocycles. The van der Waals surface area contributed by atoms with Gasteiger partial charge in [-0.1, -0.05) is 35.0 Å². The molecule has 0 unspecified atom stereocenters. The van der Waals surface area contributed by atoms with Crippen molar-refractivity contribution in [1.29, 1.82) is 5.26 Å². The molecule has 6 nitrogen and oxygen atoms in total. The number of aromatic carboxylic acids is 1. The summed E-state index contributed by atoms with van der Waals surface area (Å²) in [5.74, 6) is -0.594. The van der Waals surface area contributed by atoms with E-state index in [9.17, 15) is 15.2 Å². The number of aromatic nitrogens is 2. The highest BCUT2D eigenvalue weighted by molar-refractivity contribution is 7.19. The molecule has 0 fully saturated rings. The van der Waals surface area contributed by atoms with Gasteiger partial charge in [-0.15, -0.1) is 11.3 Å².